The number of hydrogen-bond donors (Lipinski definition) is 1. The Morgan fingerprint density at radius 2 is 2.29 bits per heavy atom. The molecule has 1 aromatic rings. The summed E-state index contributed by atoms with van der Waals surface area (Å²) >= 11 is 0. The summed E-state index contributed by atoms with van der Waals surface area (Å²) in [4.78, 5) is 4.28. The summed E-state index contributed by atoms with van der Waals surface area (Å²) in [6.45, 7) is 6.64. The molecular weight excluding hydrogens is 172 g/mol. The zero-order chi connectivity index (χ0) is 10.2. The summed E-state index contributed by atoms with van der Waals surface area (Å²) in [7, 11) is 0. The monoisotopic (exact) mass is 192 g/mol. The molecule has 0 aliphatic carbocycles. The van der Waals surface area contributed by atoms with Gasteiger partial charge in [-0.2, -0.15) is 0 Å². The summed E-state index contributed by atoms with van der Waals surface area (Å²) < 4.78 is 0. The lowest BCUT2D eigenvalue weighted by atomic mass is 10.1. The van der Waals surface area contributed by atoms with Crippen LogP contribution in [0.1, 0.15) is 26.0 Å². The van der Waals surface area contributed by atoms with E-state index in [1.54, 1.807) is 0 Å². The van der Waals surface area contributed by atoms with E-state index in [4.69, 9.17) is 0 Å². The third kappa shape index (κ3) is 4.38. The lowest BCUT2D eigenvalue weighted by Gasteiger charge is -2.09. The lowest BCUT2D eigenvalue weighted by molar-refractivity contribution is 0.501. The van der Waals surface area contributed by atoms with Gasteiger partial charge in [0.2, 0.25) is 0 Å². The molecule has 1 aromatic heterocycles. The fraction of sp³-hybridized carbons (Fsp3) is 0.583. The molecule has 1 heterocycles. The number of nitrogens with zero attached hydrogens (tertiary/aromatic N) is 1. The SMILES string of the molecule is CC[C@H](C)CNCCc1ccccn1. The normalized spacial score (nSPS) is 12.7. The van der Waals surface area contributed by atoms with Crippen molar-refractivity contribution in [2.45, 2.75) is 26.7 Å². The van der Waals surface area contributed by atoms with Crippen LogP contribution >= 0.6 is 0 Å². The average Bonchev–Trinajstić information content (AvgIpc) is 2.25. The van der Waals surface area contributed by atoms with Gasteiger partial charge in [0, 0.05) is 24.9 Å². The standard InChI is InChI=1S/C12H20N2/c1-3-11(2)10-13-9-7-12-6-4-5-8-14-12/h4-6,8,11,13H,3,7,9-10H2,1-2H3/t11-/m0/s1. The highest BCUT2D eigenvalue weighted by Gasteiger charge is 1.97. The topological polar surface area (TPSA) is 24.9 Å². The Morgan fingerprint density at radius 1 is 1.43 bits per heavy atom. The molecule has 0 bridgehead atoms. The minimum Gasteiger partial charge on any atom is -0.316 e. The van der Waals surface area contributed by atoms with Crippen LogP contribution in [0.5, 0.6) is 0 Å². The maximum atomic E-state index is 4.28. The number of hydrogen-bond acceptors (Lipinski definition) is 2. The first-order valence-corrected chi connectivity index (χ1v) is 5.43. The van der Waals surface area contributed by atoms with E-state index < -0.39 is 0 Å². The van der Waals surface area contributed by atoms with Gasteiger partial charge in [-0.3, -0.25) is 4.98 Å². The van der Waals surface area contributed by atoms with Gasteiger partial charge >= 0.3 is 0 Å². The molecule has 1 rings (SSSR count). The summed E-state index contributed by atoms with van der Waals surface area (Å²) in [6, 6.07) is 6.07. The van der Waals surface area contributed by atoms with E-state index in [0.717, 1.165) is 25.4 Å². The second-order valence-electron chi connectivity index (χ2n) is 3.79. The van der Waals surface area contributed by atoms with Crippen molar-refractivity contribution >= 4 is 0 Å². The molecule has 0 aromatic carbocycles. The largest absolute Gasteiger partial charge is 0.316 e. The van der Waals surface area contributed by atoms with Gasteiger partial charge in [0.15, 0.2) is 0 Å². The maximum Gasteiger partial charge on any atom is 0.0416 e. The van der Waals surface area contributed by atoms with Crippen molar-refractivity contribution in [3.05, 3.63) is 30.1 Å². The first-order chi connectivity index (χ1) is 6.83. The number of aromatic nitrogens is 1. The van der Waals surface area contributed by atoms with Gasteiger partial charge in [0.25, 0.3) is 0 Å². The zero-order valence-electron chi connectivity index (χ0n) is 9.16. The third-order valence-electron chi connectivity index (χ3n) is 2.47. The Bertz CT molecular complexity index is 233. The second-order valence-corrected chi connectivity index (χ2v) is 3.79. The number of pyridine rings is 1. The molecule has 0 saturated carbocycles. The minimum atomic E-state index is 0.777. The van der Waals surface area contributed by atoms with E-state index in [0.29, 0.717) is 0 Å². The quantitative estimate of drug-likeness (QED) is 0.699. The molecule has 0 saturated heterocycles. The van der Waals surface area contributed by atoms with Gasteiger partial charge in [-0.15, -0.1) is 0 Å². The molecule has 0 aliphatic heterocycles. The summed E-state index contributed by atoms with van der Waals surface area (Å²) in [5, 5.41) is 3.44. The van der Waals surface area contributed by atoms with Crippen LogP contribution in [0.2, 0.25) is 0 Å². The van der Waals surface area contributed by atoms with Crippen LogP contribution in [-0.2, 0) is 6.42 Å². The predicted octanol–water partition coefficient (Wildman–Crippen LogP) is 2.26. The molecule has 0 radical (unpaired) electrons. The van der Waals surface area contributed by atoms with E-state index in [9.17, 15) is 0 Å². The Morgan fingerprint density at radius 3 is 2.93 bits per heavy atom. The van der Waals surface area contributed by atoms with E-state index in [1.807, 2.05) is 18.3 Å². The molecule has 0 spiro atoms. The van der Waals surface area contributed by atoms with E-state index >= 15 is 0 Å². The van der Waals surface area contributed by atoms with Crippen LogP contribution in [0.3, 0.4) is 0 Å². The summed E-state index contributed by atoms with van der Waals surface area (Å²) in [5.74, 6) is 0.777. The molecule has 78 valence electrons. The average molecular weight is 192 g/mol. The third-order valence-corrected chi connectivity index (χ3v) is 2.47. The fourth-order valence-electron chi connectivity index (χ4n) is 1.26. The maximum absolute atomic E-state index is 4.28. The molecule has 0 fully saturated rings. The van der Waals surface area contributed by atoms with Gasteiger partial charge in [-0.25, -0.2) is 0 Å². The van der Waals surface area contributed by atoms with Crippen LogP contribution in [0.25, 0.3) is 0 Å². The van der Waals surface area contributed by atoms with Gasteiger partial charge in [0.1, 0.15) is 0 Å². The van der Waals surface area contributed by atoms with Crippen LogP contribution in [-0.4, -0.2) is 18.1 Å². The Hall–Kier alpha value is -0.890. The molecule has 1 N–H and O–H groups in total. The summed E-state index contributed by atoms with van der Waals surface area (Å²) in [6.07, 6.45) is 4.12. The van der Waals surface area contributed by atoms with Crippen molar-refractivity contribution in [3.8, 4) is 0 Å². The van der Waals surface area contributed by atoms with Crippen molar-refractivity contribution < 1.29 is 0 Å². The fourth-order valence-corrected chi connectivity index (χ4v) is 1.26. The van der Waals surface area contributed by atoms with Crippen LogP contribution in [0.15, 0.2) is 24.4 Å². The highest BCUT2D eigenvalue weighted by Crippen LogP contribution is 1.97. The van der Waals surface area contributed by atoms with Gasteiger partial charge < -0.3 is 5.32 Å². The van der Waals surface area contributed by atoms with Crippen LogP contribution in [0, 0.1) is 5.92 Å². The van der Waals surface area contributed by atoms with Crippen molar-refractivity contribution in [1.82, 2.24) is 10.3 Å². The van der Waals surface area contributed by atoms with E-state index in [-0.39, 0.29) is 0 Å². The van der Waals surface area contributed by atoms with E-state index in [2.05, 4.69) is 30.2 Å². The molecule has 14 heavy (non-hydrogen) atoms. The molecule has 0 amide bonds. The molecule has 2 heteroatoms. The Balaban J connectivity index is 2.10. The zero-order valence-corrected chi connectivity index (χ0v) is 9.16. The molecule has 1 atom stereocenters. The Labute approximate surface area is 86.8 Å². The molecule has 0 aliphatic rings. The van der Waals surface area contributed by atoms with Crippen molar-refractivity contribution in [2.75, 3.05) is 13.1 Å². The van der Waals surface area contributed by atoms with Crippen molar-refractivity contribution in [2.24, 2.45) is 5.92 Å². The molecular formula is C12H20N2. The Kier molecular flexibility index (Phi) is 5.23. The smallest absolute Gasteiger partial charge is 0.0416 e. The minimum absolute atomic E-state index is 0.777. The highest BCUT2D eigenvalue weighted by atomic mass is 14.9. The lowest BCUT2D eigenvalue weighted by Crippen LogP contribution is -2.23. The molecule has 0 unspecified atom stereocenters. The second kappa shape index (κ2) is 6.55. The van der Waals surface area contributed by atoms with Crippen molar-refractivity contribution in [3.63, 3.8) is 0 Å². The van der Waals surface area contributed by atoms with Gasteiger partial charge in [-0.1, -0.05) is 26.3 Å². The number of nitrogens with one attached hydrogen (secondary N) is 1. The first-order valence-electron chi connectivity index (χ1n) is 5.43. The van der Waals surface area contributed by atoms with Gasteiger partial charge in [-0.05, 0) is 24.6 Å². The summed E-state index contributed by atoms with van der Waals surface area (Å²) in [5.41, 5.74) is 1.17. The predicted molar refractivity (Wildman–Crippen MR) is 60.3 cm³/mol. The highest BCUT2D eigenvalue weighted by molar-refractivity contribution is 5.03. The molecule has 2 nitrogen and oxygen atoms in total. The first kappa shape index (κ1) is 11.2. The number of rotatable bonds is 6. The van der Waals surface area contributed by atoms with Crippen LogP contribution in [0.4, 0.5) is 0 Å². The van der Waals surface area contributed by atoms with Crippen molar-refractivity contribution in [1.29, 1.82) is 0 Å². The van der Waals surface area contributed by atoms with E-state index in [1.165, 1.54) is 12.1 Å². The van der Waals surface area contributed by atoms with Gasteiger partial charge in [0.05, 0.1) is 0 Å². The van der Waals surface area contributed by atoms with Crippen LogP contribution < -0.4 is 5.32 Å².